The maximum absolute atomic E-state index is 2.31. The van der Waals surface area contributed by atoms with E-state index in [2.05, 4.69) is 51.1 Å². The van der Waals surface area contributed by atoms with Gasteiger partial charge in [0.1, 0.15) is 0 Å². The Labute approximate surface area is 96.2 Å². The van der Waals surface area contributed by atoms with E-state index >= 15 is 0 Å². The average Bonchev–Trinajstić information content (AvgIpc) is 2.67. The second-order valence-corrected chi connectivity index (χ2v) is 9.42. The van der Waals surface area contributed by atoms with Crippen LogP contribution in [0.25, 0.3) is 10.9 Å². The quantitative estimate of drug-likeness (QED) is 0.573. The van der Waals surface area contributed by atoms with E-state index in [9.17, 15) is 0 Å². The van der Waals surface area contributed by atoms with E-state index in [0.29, 0.717) is 5.41 Å². The molecule has 0 saturated heterocycles. The molecule has 0 aliphatic heterocycles. The Kier molecular flexibility index (Phi) is 3.32. The van der Waals surface area contributed by atoms with Gasteiger partial charge in [0.05, 0.1) is 0 Å². The van der Waals surface area contributed by atoms with E-state index in [1.54, 1.807) is 10.6 Å². The Morgan fingerprint density at radius 3 is 2.27 bits per heavy atom. The van der Waals surface area contributed by atoms with Crippen molar-refractivity contribution >= 4 is 23.3 Å². The Morgan fingerprint density at radius 2 is 1.67 bits per heavy atom. The summed E-state index contributed by atoms with van der Waals surface area (Å²) < 4.78 is 0. The maximum Gasteiger partial charge on any atom is -0.0105 e. The Balaban J connectivity index is 2.51. The molecule has 0 bridgehead atoms. The molecular weight excluding hydrogens is 237 g/mol. The summed E-state index contributed by atoms with van der Waals surface area (Å²) in [6.07, 6.45) is 0. The van der Waals surface area contributed by atoms with Gasteiger partial charge in [-0.05, 0) is 21.6 Å². The Bertz CT molecular complexity index is 437. The molecule has 1 aromatic heterocycles. The van der Waals surface area contributed by atoms with Gasteiger partial charge in [-0.1, -0.05) is 51.1 Å². The minimum Gasteiger partial charge on any atom is -0.462 e. The summed E-state index contributed by atoms with van der Waals surface area (Å²) in [5.74, 6) is 0. The van der Waals surface area contributed by atoms with E-state index < -0.39 is 0 Å². The highest BCUT2D eigenvalue weighted by atomic mass is 32.1. The van der Waals surface area contributed by atoms with E-state index in [1.165, 1.54) is 28.8 Å². The molecule has 2 aromatic rings. The fourth-order valence-corrected chi connectivity index (χ4v) is 8.25. The number of rotatable bonds is 1. The molecule has 2 rings (SSSR count). The van der Waals surface area contributed by atoms with Crippen molar-refractivity contribution in [2.24, 2.45) is 0 Å². The third kappa shape index (κ3) is 2.51. The van der Waals surface area contributed by atoms with Crippen LogP contribution in [-0.4, -0.2) is 0 Å². The third-order valence-corrected chi connectivity index (χ3v) is 7.75. The smallest absolute Gasteiger partial charge is 0.0105 e. The zero-order valence-corrected chi connectivity index (χ0v) is 11.9. The minimum absolute atomic E-state index is 0.309. The van der Waals surface area contributed by atoms with Gasteiger partial charge >= 0.3 is 0 Å². The molecule has 0 saturated carbocycles. The summed E-state index contributed by atoms with van der Waals surface area (Å²) in [5.41, 5.74) is 1.71. The molecule has 0 aliphatic carbocycles. The van der Waals surface area contributed by atoms with E-state index in [4.69, 9.17) is 0 Å². The molecule has 0 unspecified atom stereocenters. The lowest BCUT2D eigenvalue weighted by molar-refractivity contribution is 0.606. The maximum atomic E-state index is 2.31. The summed E-state index contributed by atoms with van der Waals surface area (Å²) in [5, 5.41) is 3.16. The van der Waals surface area contributed by atoms with Crippen molar-refractivity contribution in [1.82, 2.24) is 0 Å². The van der Waals surface area contributed by atoms with Crippen molar-refractivity contribution < 1.29 is 0 Å². The lowest BCUT2D eigenvalue weighted by atomic mass is 9.92. The lowest BCUT2D eigenvalue weighted by Gasteiger charge is -2.21. The Hall–Kier alpha value is -0.140. The van der Waals surface area contributed by atoms with Crippen LogP contribution in [0.3, 0.4) is 0 Å². The normalized spacial score (nSPS) is 13.3. The number of hydrogen-bond acceptors (Lipinski definition) is 0. The van der Waals surface area contributed by atoms with Crippen LogP contribution in [0, 0.1) is 0 Å². The van der Waals surface area contributed by atoms with Crippen LogP contribution in [0.4, 0.5) is 0 Å². The van der Waals surface area contributed by atoms with Gasteiger partial charge in [-0.3, -0.25) is 15.7 Å². The summed E-state index contributed by atoms with van der Waals surface area (Å²) in [7, 11) is 4.47. The molecule has 15 heavy (non-hydrogen) atoms. The largest absolute Gasteiger partial charge is 0.462 e. The van der Waals surface area contributed by atoms with Crippen molar-refractivity contribution in [2.45, 2.75) is 26.2 Å². The third-order valence-electron chi connectivity index (χ3n) is 2.27. The van der Waals surface area contributed by atoms with E-state index in [0.717, 1.165) is 0 Å². The van der Waals surface area contributed by atoms with Crippen LogP contribution in [-0.2, 0) is 5.41 Å². The molecule has 0 nitrogen and oxygen atoms in total. The molecule has 1 heterocycles. The van der Waals surface area contributed by atoms with Gasteiger partial charge in [0.15, 0.2) is 0 Å². The standard InChI is InChI=1S/C12H14P3/c1-12(2,3)11-10(13-15-14-11)9-7-5-4-6-8-9/h4-8H,1-3H3/q-1. The highest BCUT2D eigenvalue weighted by Gasteiger charge is 2.16. The predicted molar refractivity (Wildman–Crippen MR) is 73.7 cm³/mol. The van der Waals surface area contributed by atoms with Crippen molar-refractivity contribution in [3.05, 3.63) is 35.6 Å². The molecule has 0 atom stereocenters. The molecule has 0 spiro atoms. The van der Waals surface area contributed by atoms with Crippen LogP contribution < -0.4 is 0 Å². The summed E-state index contributed by atoms with van der Waals surface area (Å²) in [4.78, 5) is 0. The molecule has 3 heteroatoms. The van der Waals surface area contributed by atoms with Gasteiger partial charge in [0, 0.05) is 0 Å². The van der Waals surface area contributed by atoms with Crippen molar-refractivity contribution in [3.8, 4) is 10.9 Å². The van der Waals surface area contributed by atoms with E-state index in [-0.39, 0.29) is 0 Å². The van der Waals surface area contributed by atoms with Crippen molar-refractivity contribution in [3.63, 3.8) is 0 Å². The van der Waals surface area contributed by atoms with Crippen LogP contribution >= 0.6 is 23.3 Å². The second-order valence-electron chi connectivity index (χ2n) is 4.60. The molecule has 0 amide bonds. The summed E-state index contributed by atoms with van der Waals surface area (Å²) >= 11 is 0. The molecule has 0 radical (unpaired) electrons. The first-order chi connectivity index (χ1) is 7.09. The molecule has 78 valence electrons. The van der Waals surface area contributed by atoms with Gasteiger partial charge in [-0.2, -0.15) is 0 Å². The average molecular weight is 251 g/mol. The SMILES string of the molecule is CC(C)(C)c1p[p-]pc1-c1ccccc1. The van der Waals surface area contributed by atoms with Crippen molar-refractivity contribution in [2.75, 3.05) is 0 Å². The Morgan fingerprint density at radius 1 is 1.00 bits per heavy atom. The van der Waals surface area contributed by atoms with Gasteiger partial charge in [0.25, 0.3) is 0 Å². The molecule has 0 fully saturated rings. The number of benzene rings is 1. The first-order valence-corrected chi connectivity index (χ1v) is 9.10. The topological polar surface area (TPSA) is 0 Å². The zero-order chi connectivity index (χ0) is 10.9. The summed E-state index contributed by atoms with van der Waals surface area (Å²) in [6.45, 7) is 6.94. The lowest BCUT2D eigenvalue weighted by Crippen LogP contribution is -2.08. The molecule has 1 aromatic carbocycles. The van der Waals surface area contributed by atoms with Gasteiger partial charge < -0.3 is 7.55 Å². The fourth-order valence-electron chi connectivity index (χ4n) is 1.50. The predicted octanol–water partition coefficient (Wildman–Crippen LogP) is 6.11. The summed E-state index contributed by atoms with van der Waals surface area (Å²) in [6, 6.07) is 10.8. The van der Waals surface area contributed by atoms with Crippen LogP contribution in [0.5, 0.6) is 0 Å². The van der Waals surface area contributed by atoms with Crippen LogP contribution in [0.15, 0.2) is 30.3 Å². The highest BCUT2D eigenvalue weighted by Crippen LogP contribution is 2.52. The first-order valence-electron chi connectivity index (χ1n) is 5.01. The van der Waals surface area contributed by atoms with E-state index in [1.807, 2.05) is 0 Å². The molecular formula is C12H14P3-. The monoisotopic (exact) mass is 251 g/mol. The molecule has 0 aliphatic rings. The van der Waals surface area contributed by atoms with Gasteiger partial charge in [-0.25, -0.2) is 0 Å². The van der Waals surface area contributed by atoms with Crippen LogP contribution in [0.1, 0.15) is 26.1 Å². The van der Waals surface area contributed by atoms with Crippen molar-refractivity contribution in [1.29, 1.82) is 0 Å². The first kappa shape index (κ1) is 11.3. The van der Waals surface area contributed by atoms with Gasteiger partial charge in [0.2, 0.25) is 0 Å². The van der Waals surface area contributed by atoms with Crippen LogP contribution in [0.2, 0.25) is 0 Å². The fraction of sp³-hybridized carbons (Fsp3) is 0.333. The second kappa shape index (κ2) is 4.39. The molecule has 0 N–H and O–H groups in total. The zero-order valence-electron chi connectivity index (χ0n) is 9.23. The number of hydrogen-bond donors (Lipinski definition) is 0. The van der Waals surface area contributed by atoms with Gasteiger partial charge in [-0.15, -0.1) is 0 Å². The highest BCUT2D eigenvalue weighted by molar-refractivity contribution is 8.18. The minimum atomic E-state index is 0.309.